The first-order valence-corrected chi connectivity index (χ1v) is 12.4. The molecule has 0 amide bonds. The number of nitro groups is 1. The van der Waals surface area contributed by atoms with E-state index in [-0.39, 0.29) is 22.7 Å². The average Bonchev–Trinajstić information content (AvgIpc) is 3.00. The number of hydrogen-bond donors (Lipinski definition) is 0. The standard InChI is InChI=1S/C31H22N4O6/c1-40-28-19-22(14-16-27(28)41-29(36)17-15-21-8-7-11-24(18-21)35(38)39)20-32-34-30(23-9-3-2-4-10-23)33-26-13-6-5-12-25(26)31(34)37/h2-20H,1H3/b17-15+,32-20?. The first-order valence-electron chi connectivity index (χ1n) is 12.4. The Morgan fingerprint density at radius 1 is 0.927 bits per heavy atom. The van der Waals surface area contributed by atoms with Crippen LogP contribution < -0.4 is 15.0 Å². The second kappa shape index (κ2) is 11.9. The summed E-state index contributed by atoms with van der Waals surface area (Å²) >= 11 is 0. The summed E-state index contributed by atoms with van der Waals surface area (Å²) < 4.78 is 12.0. The first kappa shape index (κ1) is 26.7. The van der Waals surface area contributed by atoms with E-state index in [1.54, 1.807) is 42.5 Å². The number of carbonyl (C=O) groups excluding carboxylic acids is 1. The summed E-state index contributed by atoms with van der Waals surface area (Å²) in [6.07, 6.45) is 4.07. The first-order chi connectivity index (χ1) is 19.9. The Balaban J connectivity index is 1.41. The summed E-state index contributed by atoms with van der Waals surface area (Å²) in [5, 5.41) is 15.8. The number of nitrogens with zero attached hydrogens (tertiary/aromatic N) is 4. The monoisotopic (exact) mass is 546 g/mol. The van der Waals surface area contributed by atoms with Gasteiger partial charge in [-0.2, -0.15) is 9.78 Å². The van der Waals surface area contributed by atoms with Crippen molar-refractivity contribution < 1.29 is 19.2 Å². The topological polar surface area (TPSA) is 126 Å². The van der Waals surface area contributed by atoms with Gasteiger partial charge in [0.2, 0.25) is 0 Å². The summed E-state index contributed by atoms with van der Waals surface area (Å²) in [4.78, 5) is 40.9. The molecule has 41 heavy (non-hydrogen) atoms. The molecule has 4 aromatic carbocycles. The number of carbonyl (C=O) groups is 1. The van der Waals surface area contributed by atoms with Crippen molar-refractivity contribution in [1.29, 1.82) is 0 Å². The van der Waals surface area contributed by atoms with Crippen LogP contribution in [0.5, 0.6) is 11.5 Å². The molecular formula is C31H22N4O6. The zero-order valence-corrected chi connectivity index (χ0v) is 21.7. The van der Waals surface area contributed by atoms with E-state index >= 15 is 0 Å². The van der Waals surface area contributed by atoms with Crippen LogP contribution in [0.2, 0.25) is 0 Å². The summed E-state index contributed by atoms with van der Waals surface area (Å²) in [5.41, 5.74) is 1.94. The molecule has 0 aliphatic rings. The zero-order chi connectivity index (χ0) is 28.8. The fourth-order valence-electron chi connectivity index (χ4n) is 4.03. The van der Waals surface area contributed by atoms with Gasteiger partial charge in [-0.1, -0.05) is 54.6 Å². The van der Waals surface area contributed by atoms with Crippen molar-refractivity contribution >= 4 is 34.9 Å². The van der Waals surface area contributed by atoms with Crippen LogP contribution >= 0.6 is 0 Å². The quantitative estimate of drug-likeness (QED) is 0.0630. The van der Waals surface area contributed by atoms with Crippen molar-refractivity contribution in [2.45, 2.75) is 0 Å². The van der Waals surface area contributed by atoms with Crippen molar-refractivity contribution in [3.8, 4) is 22.9 Å². The number of esters is 1. The molecular weight excluding hydrogens is 524 g/mol. The maximum Gasteiger partial charge on any atom is 0.336 e. The SMILES string of the molecule is COc1cc(C=Nn2c(-c3ccccc3)nc3ccccc3c2=O)ccc1OC(=O)/C=C/c1cccc([N+](=O)[O-])c1. The van der Waals surface area contributed by atoms with Gasteiger partial charge in [-0.3, -0.25) is 14.9 Å². The van der Waals surface area contributed by atoms with E-state index in [1.165, 1.54) is 42.3 Å². The number of methoxy groups -OCH3 is 1. The van der Waals surface area contributed by atoms with Gasteiger partial charge in [0.1, 0.15) is 0 Å². The van der Waals surface area contributed by atoms with Crippen molar-refractivity contribution in [2.75, 3.05) is 7.11 Å². The van der Waals surface area contributed by atoms with Gasteiger partial charge in [0, 0.05) is 23.8 Å². The highest BCUT2D eigenvalue weighted by Crippen LogP contribution is 2.28. The van der Waals surface area contributed by atoms with E-state index in [0.717, 1.165) is 11.6 Å². The minimum Gasteiger partial charge on any atom is -0.493 e. The molecule has 10 heteroatoms. The fourth-order valence-corrected chi connectivity index (χ4v) is 4.03. The molecule has 0 spiro atoms. The molecule has 1 aromatic heterocycles. The Hall–Kier alpha value is -5.90. The lowest BCUT2D eigenvalue weighted by Crippen LogP contribution is -2.20. The molecule has 5 aromatic rings. The van der Waals surface area contributed by atoms with Crippen molar-refractivity contribution in [3.05, 3.63) is 135 Å². The van der Waals surface area contributed by atoms with Gasteiger partial charge in [-0.15, -0.1) is 0 Å². The minimum absolute atomic E-state index is 0.0861. The van der Waals surface area contributed by atoms with Gasteiger partial charge in [-0.25, -0.2) is 9.78 Å². The van der Waals surface area contributed by atoms with E-state index in [0.29, 0.717) is 27.9 Å². The molecule has 0 saturated heterocycles. The summed E-state index contributed by atoms with van der Waals surface area (Å²) in [6.45, 7) is 0. The molecule has 0 fully saturated rings. The van der Waals surface area contributed by atoms with Gasteiger partial charge in [0.15, 0.2) is 17.3 Å². The van der Waals surface area contributed by atoms with Crippen LogP contribution in [0.4, 0.5) is 5.69 Å². The molecule has 0 aliphatic carbocycles. The number of non-ortho nitro benzene ring substituents is 1. The Morgan fingerprint density at radius 2 is 1.71 bits per heavy atom. The smallest absolute Gasteiger partial charge is 0.336 e. The zero-order valence-electron chi connectivity index (χ0n) is 21.7. The van der Waals surface area contributed by atoms with E-state index < -0.39 is 10.9 Å². The molecule has 0 N–H and O–H groups in total. The number of aromatic nitrogens is 2. The third-order valence-corrected chi connectivity index (χ3v) is 6.00. The molecule has 0 bridgehead atoms. The van der Waals surface area contributed by atoms with E-state index in [9.17, 15) is 19.7 Å². The van der Waals surface area contributed by atoms with Gasteiger partial charge < -0.3 is 9.47 Å². The summed E-state index contributed by atoms with van der Waals surface area (Å²) in [7, 11) is 1.43. The van der Waals surface area contributed by atoms with Crippen LogP contribution in [-0.2, 0) is 4.79 Å². The maximum absolute atomic E-state index is 13.3. The molecule has 0 unspecified atom stereocenters. The number of nitro benzene ring substituents is 1. The lowest BCUT2D eigenvalue weighted by molar-refractivity contribution is -0.384. The van der Waals surface area contributed by atoms with E-state index in [2.05, 4.69) is 10.1 Å². The molecule has 0 radical (unpaired) electrons. The predicted molar refractivity (Wildman–Crippen MR) is 155 cm³/mol. The van der Waals surface area contributed by atoms with Crippen LogP contribution in [0.1, 0.15) is 11.1 Å². The minimum atomic E-state index is -0.697. The molecule has 0 saturated carbocycles. The van der Waals surface area contributed by atoms with E-state index in [4.69, 9.17) is 9.47 Å². The van der Waals surface area contributed by atoms with E-state index in [1.807, 2.05) is 36.4 Å². The van der Waals surface area contributed by atoms with Crippen molar-refractivity contribution in [2.24, 2.45) is 5.10 Å². The average molecular weight is 547 g/mol. The van der Waals surface area contributed by atoms with Crippen LogP contribution in [0.15, 0.2) is 113 Å². The second-order valence-electron chi connectivity index (χ2n) is 8.70. The van der Waals surface area contributed by atoms with Crippen LogP contribution in [-0.4, -0.2) is 33.9 Å². The predicted octanol–water partition coefficient (Wildman–Crippen LogP) is 5.48. The van der Waals surface area contributed by atoms with Gasteiger partial charge in [0.25, 0.3) is 11.2 Å². The largest absolute Gasteiger partial charge is 0.493 e. The third kappa shape index (κ3) is 6.07. The van der Waals surface area contributed by atoms with Crippen molar-refractivity contribution in [1.82, 2.24) is 9.66 Å². The normalized spacial score (nSPS) is 11.2. The molecule has 202 valence electrons. The van der Waals surface area contributed by atoms with Crippen LogP contribution in [0, 0.1) is 10.1 Å². The lowest BCUT2D eigenvalue weighted by atomic mass is 10.2. The van der Waals surface area contributed by atoms with Gasteiger partial charge in [-0.05, 0) is 47.5 Å². The Labute approximate surface area is 233 Å². The highest BCUT2D eigenvalue weighted by atomic mass is 16.6. The number of benzene rings is 4. The second-order valence-corrected chi connectivity index (χ2v) is 8.70. The highest BCUT2D eigenvalue weighted by molar-refractivity contribution is 5.89. The summed E-state index contributed by atoms with van der Waals surface area (Å²) in [5.74, 6) is 0.113. The van der Waals surface area contributed by atoms with Crippen molar-refractivity contribution in [3.63, 3.8) is 0 Å². The number of rotatable bonds is 8. The molecule has 5 rings (SSSR count). The number of para-hydroxylation sites is 1. The Kier molecular flexibility index (Phi) is 7.73. The highest BCUT2D eigenvalue weighted by Gasteiger charge is 2.13. The van der Waals surface area contributed by atoms with Gasteiger partial charge >= 0.3 is 5.97 Å². The Morgan fingerprint density at radius 3 is 2.49 bits per heavy atom. The number of hydrogen-bond acceptors (Lipinski definition) is 8. The third-order valence-electron chi connectivity index (χ3n) is 6.00. The summed E-state index contributed by atoms with van der Waals surface area (Å²) in [6, 6.07) is 27.0. The molecule has 0 atom stereocenters. The number of fused-ring (bicyclic) bond motifs is 1. The molecule has 0 aliphatic heterocycles. The maximum atomic E-state index is 13.3. The van der Waals surface area contributed by atoms with Gasteiger partial charge in [0.05, 0.1) is 29.2 Å². The molecule has 10 nitrogen and oxygen atoms in total. The lowest BCUT2D eigenvalue weighted by Gasteiger charge is -2.10. The van der Waals surface area contributed by atoms with Crippen LogP contribution in [0.3, 0.4) is 0 Å². The molecule has 1 heterocycles. The Bertz CT molecular complexity index is 1880. The van der Waals surface area contributed by atoms with Crippen LogP contribution in [0.25, 0.3) is 28.4 Å². The number of ether oxygens (including phenoxy) is 2. The fraction of sp³-hybridized carbons (Fsp3) is 0.0323.